The minimum Gasteiger partial charge on any atom is -0.399 e. The molecule has 0 aliphatic carbocycles. The summed E-state index contributed by atoms with van der Waals surface area (Å²) in [5.74, 6) is -0.894. The Morgan fingerprint density at radius 2 is 2.00 bits per heavy atom. The molecule has 0 aliphatic rings. The average molecular weight is 290 g/mol. The van der Waals surface area contributed by atoms with Crippen LogP contribution in [-0.2, 0) is 10.0 Å². The van der Waals surface area contributed by atoms with E-state index in [2.05, 4.69) is 0 Å². The van der Waals surface area contributed by atoms with Gasteiger partial charge in [0, 0.05) is 18.8 Å². The lowest BCUT2D eigenvalue weighted by Crippen LogP contribution is -2.42. The number of rotatable bonds is 5. The van der Waals surface area contributed by atoms with Crippen LogP contribution in [0.15, 0.2) is 23.1 Å². The van der Waals surface area contributed by atoms with Crippen molar-refractivity contribution < 1.29 is 17.9 Å². The van der Waals surface area contributed by atoms with Crippen LogP contribution in [0.2, 0.25) is 0 Å². The van der Waals surface area contributed by atoms with Crippen molar-refractivity contribution in [2.45, 2.75) is 31.3 Å². The first-order valence-electron chi connectivity index (χ1n) is 5.85. The first kappa shape index (κ1) is 15.9. The van der Waals surface area contributed by atoms with Gasteiger partial charge in [0.1, 0.15) is 10.7 Å². The lowest BCUT2D eigenvalue weighted by molar-refractivity contribution is 0.0601. The predicted molar refractivity (Wildman–Crippen MR) is 71.5 cm³/mol. The SMILES string of the molecule is CCN(CC(C)(C)O)S(=O)(=O)c1ccc(N)cc1F. The molecule has 1 aromatic rings. The van der Waals surface area contributed by atoms with Crippen LogP contribution < -0.4 is 5.73 Å². The van der Waals surface area contributed by atoms with Crippen molar-refractivity contribution in [1.82, 2.24) is 4.31 Å². The number of hydrogen-bond acceptors (Lipinski definition) is 4. The number of nitrogen functional groups attached to an aromatic ring is 1. The molecule has 3 N–H and O–H groups in total. The van der Waals surface area contributed by atoms with Crippen molar-refractivity contribution in [1.29, 1.82) is 0 Å². The summed E-state index contributed by atoms with van der Waals surface area (Å²) in [6.45, 7) is 4.62. The molecule has 108 valence electrons. The van der Waals surface area contributed by atoms with Crippen molar-refractivity contribution in [3.05, 3.63) is 24.0 Å². The van der Waals surface area contributed by atoms with Gasteiger partial charge in [0.05, 0.1) is 5.60 Å². The van der Waals surface area contributed by atoms with Crippen molar-refractivity contribution in [2.24, 2.45) is 0 Å². The molecule has 0 aromatic heterocycles. The van der Waals surface area contributed by atoms with E-state index in [-0.39, 0.29) is 18.8 Å². The Labute approximate surface area is 112 Å². The van der Waals surface area contributed by atoms with Crippen molar-refractivity contribution in [3.63, 3.8) is 0 Å². The fourth-order valence-electron chi connectivity index (χ4n) is 1.66. The third-order valence-corrected chi connectivity index (χ3v) is 4.44. The highest BCUT2D eigenvalue weighted by molar-refractivity contribution is 7.89. The Hall–Kier alpha value is -1.18. The first-order chi connectivity index (χ1) is 8.58. The highest BCUT2D eigenvalue weighted by Gasteiger charge is 2.30. The molecule has 0 atom stereocenters. The lowest BCUT2D eigenvalue weighted by Gasteiger charge is -2.27. The van der Waals surface area contributed by atoms with E-state index >= 15 is 0 Å². The third kappa shape index (κ3) is 3.89. The Morgan fingerprint density at radius 1 is 1.42 bits per heavy atom. The van der Waals surface area contributed by atoms with Crippen molar-refractivity contribution >= 4 is 15.7 Å². The maximum absolute atomic E-state index is 13.7. The van der Waals surface area contributed by atoms with E-state index in [1.54, 1.807) is 6.92 Å². The van der Waals surface area contributed by atoms with E-state index in [1.165, 1.54) is 19.9 Å². The minimum atomic E-state index is -3.99. The molecule has 0 heterocycles. The highest BCUT2D eigenvalue weighted by Crippen LogP contribution is 2.22. The van der Waals surface area contributed by atoms with E-state index < -0.39 is 26.3 Å². The van der Waals surface area contributed by atoms with Crippen LogP contribution in [0, 0.1) is 5.82 Å². The number of nitrogens with two attached hydrogens (primary N) is 1. The average Bonchev–Trinajstić information content (AvgIpc) is 2.23. The van der Waals surface area contributed by atoms with Gasteiger partial charge in [-0.3, -0.25) is 0 Å². The molecule has 7 heteroatoms. The normalized spacial score (nSPS) is 12.9. The molecule has 0 saturated heterocycles. The van der Waals surface area contributed by atoms with Gasteiger partial charge in [-0.15, -0.1) is 0 Å². The van der Waals surface area contributed by atoms with Crippen LogP contribution >= 0.6 is 0 Å². The molecule has 0 fully saturated rings. The molecule has 19 heavy (non-hydrogen) atoms. The van der Waals surface area contributed by atoms with Crippen LogP contribution in [-0.4, -0.2) is 36.5 Å². The van der Waals surface area contributed by atoms with Gasteiger partial charge in [-0.2, -0.15) is 4.31 Å². The number of benzene rings is 1. The fourth-order valence-corrected chi connectivity index (χ4v) is 3.31. The number of sulfonamides is 1. The maximum Gasteiger partial charge on any atom is 0.246 e. The topological polar surface area (TPSA) is 83.6 Å². The number of hydrogen-bond donors (Lipinski definition) is 2. The summed E-state index contributed by atoms with van der Waals surface area (Å²) in [4.78, 5) is -0.437. The second kappa shape index (κ2) is 5.44. The Morgan fingerprint density at radius 3 is 2.42 bits per heavy atom. The van der Waals surface area contributed by atoms with Crippen LogP contribution in [0.3, 0.4) is 0 Å². The molecule has 0 spiro atoms. The van der Waals surface area contributed by atoms with Gasteiger partial charge in [0.15, 0.2) is 0 Å². The number of anilines is 1. The minimum absolute atomic E-state index is 0.115. The van der Waals surface area contributed by atoms with Crippen molar-refractivity contribution in [2.75, 3.05) is 18.8 Å². The van der Waals surface area contributed by atoms with Gasteiger partial charge >= 0.3 is 0 Å². The molecule has 0 unspecified atom stereocenters. The summed E-state index contributed by atoms with van der Waals surface area (Å²) in [6, 6.07) is 3.42. The Kier molecular flexibility index (Phi) is 4.54. The van der Waals surface area contributed by atoms with Crippen LogP contribution in [0.5, 0.6) is 0 Å². The lowest BCUT2D eigenvalue weighted by atomic mass is 10.1. The van der Waals surface area contributed by atoms with Gasteiger partial charge in [-0.05, 0) is 32.0 Å². The largest absolute Gasteiger partial charge is 0.399 e. The van der Waals surface area contributed by atoms with Gasteiger partial charge in [-0.25, -0.2) is 12.8 Å². The monoisotopic (exact) mass is 290 g/mol. The van der Waals surface area contributed by atoms with Crippen LogP contribution in [0.4, 0.5) is 10.1 Å². The third-order valence-electron chi connectivity index (χ3n) is 2.49. The van der Waals surface area contributed by atoms with Crippen LogP contribution in [0.1, 0.15) is 20.8 Å². The van der Waals surface area contributed by atoms with Gasteiger partial charge in [0.25, 0.3) is 0 Å². The number of nitrogens with zero attached hydrogens (tertiary/aromatic N) is 1. The zero-order chi connectivity index (χ0) is 14.8. The van der Waals surface area contributed by atoms with E-state index in [9.17, 15) is 17.9 Å². The highest BCUT2D eigenvalue weighted by atomic mass is 32.2. The van der Waals surface area contributed by atoms with Gasteiger partial charge < -0.3 is 10.8 Å². The Balaban J connectivity index is 3.21. The summed E-state index contributed by atoms with van der Waals surface area (Å²) in [5.41, 5.74) is 4.35. The molecule has 0 aliphatic heterocycles. The van der Waals surface area contributed by atoms with E-state index in [0.29, 0.717) is 0 Å². The van der Waals surface area contributed by atoms with E-state index in [4.69, 9.17) is 5.73 Å². The first-order valence-corrected chi connectivity index (χ1v) is 7.29. The zero-order valence-corrected chi connectivity index (χ0v) is 12.0. The van der Waals surface area contributed by atoms with E-state index in [0.717, 1.165) is 16.4 Å². The summed E-state index contributed by atoms with van der Waals surface area (Å²) in [5, 5.41) is 9.72. The number of likely N-dealkylation sites (N-methyl/N-ethyl adjacent to an activating group) is 1. The molecular weight excluding hydrogens is 271 g/mol. The van der Waals surface area contributed by atoms with E-state index in [1.807, 2.05) is 0 Å². The number of aliphatic hydroxyl groups is 1. The van der Waals surface area contributed by atoms with Gasteiger partial charge in [-0.1, -0.05) is 6.92 Å². The second-order valence-electron chi connectivity index (χ2n) is 4.93. The van der Waals surface area contributed by atoms with Gasteiger partial charge in [0.2, 0.25) is 10.0 Å². The van der Waals surface area contributed by atoms with Crippen LogP contribution in [0.25, 0.3) is 0 Å². The zero-order valence-electron chi connectivity index (χ0n) is 11.2. The fraction of sp³-hybridized carbons (Fsp3) is 0.500. The summed E-state index contributed by atoms with van der Waals surface area (Å²) < 4.78 is 39.4. The Bertz CT molecular complexity index is 553. The standard InChI is InChI=1S/C12H19FN2O3S/c1-4-15(8-12(2,3)16)19(17,18)11-6-5-9(14)7-10(11)13/h5-7,16H,4,8,14H2,1-3H3. The molecule has 0 bridgehead atoms. The summed E-state index contributed by atoms with van der Waals surface area (Å²) in [7, 11) is -3.99. The quantitative estimate of drug-likeness (QED) is 0.798. The molecular formula is C12H19FN2O3S. The number of halogens is 1. The predicted octanol–water partition coefficient (Wildman–Crippen LogP) is 1.19. The summed E-state index contributed by atoms with van der Waals surface area (Å²) >= 11 is 0. The molecule has 0 radical (unpaired) electrons. The molecule has 0 saturated carbocycles. The molecule has 5 nitrogen and oxygen atoms in total. The molecule has 0 amide bonds. The van der Waals surface area contributed by atoms with Crippen molar-refractivity contribution in [3.8, 4) is 0 Å². The maximum atomic E-state index is 13.7. The second-order valence-corrected chi connectivity index (χ2v) is 6.84. The smallest absolute Gasteiger partial charge is 0.246 e. The molecule has 1 aromatic carbocycles. The summed E-state index contributed by atoms with van der Waals surface area (Å²) in [6.07, 6.45) is 0. The molecule has 1 rings (SSSR count).